The van der Waals surface area contributed by atoms with E-state index in [0.29, 0.717) is 11.4 Å². The van der Waals surface area contributed by atoms with E-state index in [-0.39, 0.29) is 30.3 Å². The molecule has 6 nitrogen and oxygen atoms in total. The molecule has 6 heteroatoms. The van der Waals surface area contributed by atoms with Crippen molar-refractivity contribution in [3.8, 4) is 5.75 Å². The van der Waals surface area contributed by atoms with Crippen LogP contribution in [0.5, 0.6) is 5.75 Å². The zero-order chi connectivity index (χ0) is 23.5. The summed E-state index contributed by atoms with van der Waals surface area (Å²) < 4.78 is 5.28. The summed E-state index contributed by atoms with van der Waals surface area (Å²) in [6.45, 7) is 3.62. The second-order valence-corrected chi connectivity index (χ2v) is 9.10. The van der Waals surface area contributed by atoms with Crippen molar-refractivity contribution < 1.29 is 24.1 Å². The first-order valence-corrected chi connectivity index (χ1v) is 12.0. The molecule has 0 aliphatic carbocycles. The van der Waals surface area contributed by atoms with Gasteiger partial charge in [0.25, 0.3) is 5.91 Å². The van der Waals surface area contributed by atoms with Crippen molar-refractivity contribution in [2.75, 3.05) is 38.2 Å². The molecular weight excluding hydrogens is 426 g/mol. The van der Waals surface area contributed by atoms with Gasteiger partial charge in [-0.25, -0.2) is 4.90 Å². The maximum Gasteiger partial charge on any atom is 0.292 e. The Bertz CT molecular complexity index is 1100. The van der Waals surface area contributed by atoms with Crippen LogP contribution < -0.4 is 19.4 Å². The molecule has 174 valence electrons. The Kier molecular flexibility index (Phi) is 6.43. The van der Waals surface area contributed by atoms with Crippen LogP contribution in [0.4, 0.5) is 5.69 Å². The molecule has 2 aliphatic heterocycles. The predicted octanol–water partition coefficient (Wildman–Crippen LogP) is 0.900. The molecule has 1 atom stereocenters. The van der Waals surface area contributed by atoms with Crippen molar-refractivity contribution >= 4 is 17.5 Å². The number of amides is 2. The SMILES string of the molecule is COc1cccc(N2C(=O)C[C@@H]([NH+]3CC[NH+](C(c4ccccc4)c4ccccc4)CC3)C2=O)c1. The second-order valence-electron chi connectivity index (χ2n) is 9.10. The highest BCUT2D eigenvalue weighted by Gasteiger charge is 2.47. The molecular formula is C28H31N3O3+2. The third kappa shape index (κ3) is 4.34. The van der Waals surface area contributed by atoms with Gasteiger partial charge in [-0.2, -0.15) is 0 Å². The van der Waals surface area contributed by atoms with Gasteiger partial charge >= 0.3 is 0 Å². The van der Waals surface area contributed by atoms with E-state index in [0.717, 1.165) is 26.2 Å². The van der Waals surface area contributed by atoms with Crippen LogP contribution in [0.1, 0.15) is 23.6 Å². The lowest BCUT2D eigenvalue weighted by Gasteiger charge is -2.36. The van der Waals surface area contributed by atoms with Crippen LogP contribution in [0.25, 0.3) is 0 Å². The van der Waals surface area contributed by atoms with Crippen LogP contribution in [-0.2, 0) is 9.59 Å². The summed E-state index contributed by atoms with van der Waals surface area (Å²) in [4.78, 5) is 30.2. The van der Waals surface area contributed by atoms with Crippen molar-refractivity contribution in [2.24, 2.45) is 0 Å². The van der Waals surface area contributed by atoms with Gasteiger partial charge in [-0.3, -0.25) is 9.59 Å². The molecule has 0 unspecified atom stereocenters. The summed E-state index contributed by atoms with van der Waals surface area (Å²) in [5, 5.41) is 0. The normalized spacial score (nSPS) is 22.9. The second kappa shape index (κ2) is 9.79. The number of carbonyl (C=O) groups excluding carboxylic acids is 2. The monoisotopic (exact) mass is 457 g/mol. The largest absolute Gasteiger partial charge is 0.497 e. The third-order valence-corrected chi connectivity index (χ3v) is 7.16. The highest BCUT2D eigenvalue weighted by molar-refractivity contribution is 6.21. The van der Waals surface area contributed by atoms with E-state index in [1.54, 1.807) is 19.2 Å². The Balaban J connectivity index is 1.31. The molecule has 34 heavy (non-hydrogen) atoms. The summed E-state index contributed by atoms with van der Waals surface area (Å²) in [5.74, 6) is 0.412. The molecule has 2 fully saturated rings. The maximum absolute atomic E-state index is 13.3. The quantitative estimate of drug-likeness (QED) is 0.541. The van der Waals surface area contributed by atoms with Crippen molar-refractivity contribution in [2.45, 2.75) is 18.5 Å². The van der Waals surface area contributed by atoms with Crippen molar-refractivity contribution in [3.05, 3.63) is 96.1 Å². The maximum atomic E-state index is 13.3. The molecule has 0 aromatic heterocycles. The molecule has 0 saturated carbocycles. The topological polar surface area (TPSA) is 55.5 Å². The average Bonchev–Trinajstić information content (AvgIpc) is 3.19. The first-order valence-electron chi connectivity index (χ1n) is 12.0. The molecule has 2 saturated heterocycles. The average molecular weight is 458 g/mol. The lowest BCUT2D eigenvalue weighted by molar-refractivity contribution is -1.03. The molecule has 0 spiro atoms. The van der Waals surface area contributed by atoms with E-state index >= 15 is 0 Å². The number of methoxy groups -OCH3 is 1. The van der Waals surface area contributed by atoms with E-state index in [9.17, 15) is 9.59 Å². The van der Waals surface area contributed by atoms with E-state index in [2.05, 4.69) is 60.7 Å². The van der Waals surface area contributed by atoms with Crippen LogP contribution in [0.2, 0.25) is 0 Å². The number of carbonyl (C=O) groups is 2. The van der Waals surface area contributed by atoms with Crippen LogP contribution in [0.3, 0.4) is 0 Å². The molecule has 0 bridgehead atoms. The zero-order valence-electron chi connectivity index (χ0n) is 19.4. The molecule has 2 heterocycles. The van der Waals surface area contributed by atoms with Crippen molar-refractivity contribution in [3.63, 3.8) is 0 Å². The summed E-state index contributed by atoms with van der Waals surface area (Å²) in [5.41, 5.74) is 3.21. The highest BCUT2D eigenvalue weighted by Crippen LogP contribution is 2.26. The van der Waals surface area contributed by atoms with Gasteiger partial charge in [-0.1, -0.05) is 66.7 Å². The standard InChI is InChI=1S/C28H29N3O3/c1-34-24-14-8-13-23(19-24)31-26(32)20-25(28(31)33)29-15-17-30(18-16-29)27(21-9-4-2-5-10-21)22-11-6-3-7-12-22/h2-14,19,25,27H,15-18,20H2,1H3/p+2/t25-/m1/s1. The summed E-state index contributed by atoms with van der Waals surface area (Å²) in [6, 6.07) is 28.4. The van der Waals surface area contributed by atoms with Gasteiger partial charge in [0.2, 0.25) is 5.91 Å². The highest BCUT2D eigenvalue weighted by atomic mass is 16.5. The first-order chi connectivity index (χ1) is 16.7. The number of nitrogens with zero attached hydrogens (tertiary/aromatic N) is 1. The smallest absolute Gasteiger partial charge is 0.292 e. The minimum atomic E-state index is -0.313. The minimum Gasteiger partial charge on any atom is -0.497 e. The van der Waals surface area contributed by atoms with Crippen molar-refractivity contribution in [1.82, 2.24) is 0 Å². The summed E-state index contributed by atoms with van der Waals surface area (Å²) in [7, 11) is 1.58. The number of ether oxygens (including phenoxy) is 1. The fourth-order valence-corrected chi connectivity index (χ4v) is 5.46. The van der Waals surface area contributed by atoms with Gasteiger partial charge in [-0.15, -0.1) is 0 Å². The number of hydrogen-bond donors (Lipinski definition) is 2. The van der Waals surface area contributed by atoms with Gasteiger partial charge in [0.05, 0.1) is 19.2 Å². The van der Waals surface area contributed by atoms with E-state index in [1.165, 1.54) is 25.8 Å². The van der Waals surface area contributed by atoms with E-state index < -0.39 is 0 Å². The van der Waals surface area contributed by atoms with E-state index in [1.807, 2.05) is 12.1 Å². The predicted molar refractivity (Wildman–Crippen MR) is 130 cm³/mol. The number of nitrogens with one attached hydrogen (secondary N) is 2. The Morgan fingerprint density at radius 2 is 1.44 bits per heavy atom. The lowest BCUT2D eigenvalue weighted by atomic mass is 9.96. The molecule has 2 N–H and O–H groups in total. The first kappa shape index (κ1) is 22.3. The van der Waals surface area contributed by atoms with Crippen LogP contribution in [0.15, 0.2) is 84.9 Å². The Hall–Kier alpha value is -3.48. The fourth-order valence-electron chi connectivity index (χ4n) is 5.46. The molecule has 0 radical (unpaired) electrons. The molecule has 3 aromatic rings. The molecule has 3 aromatic carbocycles. The zero-order valence-corrected chi connectivity index (χ0v) is 19.4. The number of rotatable bonds is 6. The fraction of sp³-hybridized carbons (Fsp3) is 0.286. The number of hydrogen-bond acceptors (Lipinski definition) is 3. The van der Waals surface area contributed by atoms with Crippen LogP contribution in [-0.4, -0.2) is 51.1 Å². The third-order valence-electron chi connectivity index (χ3n) is 7.16. The Morgan fingerprint density at radius 1 is 0.824 bits per heavy atom. The molecule has 5 rings (SSSR count). The van der Waals surface area contributed by atoms with Gasteiger partial charge in [-0.05, 0) is 12.1 Å². The van der Waals surface area contributed by atoms with Gasteiger partial charge in [0, 0.05) is 17.2 Å². The summed E-state index contributed by atoms with van der Waals surface area (Å²) in [6.07, 6.45) is 0.265. The Labute approximate surface area is 200 Å². The molecule has 2 aliphatic rings. The van der Waals surface area contributed by atoms with Crippen LogP contribution >= 0.6 is 0 Å². The van der Waals surface area contributed by atoms with Gasteiger partial charge < -0.3 is 14.5 Å². The molecule has 2 amide bonds. The van der Waals surface area contributed by atoms with Gasteiger partial charge in [0.1, 0.15) is 38.0 Å². The number of anilines is 1. The summed E-state index contributed by atoms with van der Waals surface area (Å²) >= 11 is 0. The van der Waals surface area contributed by atoms with Crippen molar-refractivity contribution in [1.29, 1.82) is 0 Å². The number of benzene rings is 3. The van der Waals surface area contributed by atoms with Gasteiger partial charge in [0.15, 0.2) is 6.04 Å². The lowest BCUT2D eigenvalue weighted by Crippen LogP contribution is -3.30. The number of quaternary nitrogens is 2. The number of imide groups is 1. The van der Waals surface area contributed by atoms with Crippen LogP contribution in [0, 0.1) is 0 Å². The van der Waals surface area contributed by atoms with E-state index in [4.69, 9.17) is 4.74 Å². The minimum absolute atomic E-state index is 0.0978. The number of piperazine rings is 1. The Morgan fingerprint density at radius 3 is 2.03 bits per heavy atom.